The third-order valence-corrected chi connectivity index (χ3v) is 2.30. The Kier molecular flexibility index (Phi) is 3.57. The number of hydrogen-bond donors (Lipinski definition) is 1. The van der Waals surface area contributed by atoms with Crippen LogP contribution in [-0.4, -0.2) is 10.9 Å². The van der Waals surface area contributed by atoms with Gasteiger partial charge in [0.15, 0.2) is 0 Å². The van der Waals surface area contributed by atoms with E-state index in [9.17, 15) is 4.79 Å². The molecular formula is C14H14N2O2. The number of nitrogens with one attached hydrogen (secondary N) is 1. The van der Waals surface area contributed by atoms with Crippen LogP contribution in [0.25, 0.3) is 6.08 Å². The summed E-state index contributed by atoms with van der Waals surface area (Å²) in [6.07, 6.45) is 3.04. The van der Waals surface area contributed by atoms with Crippen LogP contribution < -0.4 is 5.32 Å². The summed E-state index contributed by atoms with van der Waals surface area (Å²) in [5.41, 5.74) is 0.860. The van der Waals surface area contributed by atoms with Crippen LogP contribution in [0.15, 0.2) is 40.8 Å². The Labute approximate surface area is 105 Å². The normalized spacial score (nSPS) is 10.8. The molecule has 1 N–H and O–H groups in total. The second kappa shape index (κ2) is 5.31. The third-order valence-electron chi connectivity index (χ3n) is 2.30. The number of carbonyl (C=O) groups excluding carboxylic acids is 1. The lowest BCUT2D eigenvalue weighted by Gasteiger charge is -2.01. The lowest BCUT2D eigenvalue weighted by molar-refractivity contribution is -0.111. The molecule has 4 nitrogen and oxygen atoms in total. The first-order valence-corrected chi connectivity index (χ1v) is 5.62. The molecule has 0 spiro atoms. The maximum absolute atomic E-state index is 11.6. The lowest BCUT2D eigenvalue weighted by atomic mass is 10.3. The standard InChI is InChI=1S/C14H14N2O2/c1-10-4-3-5-13(15-10)16-14(17)9-8-12-7-6-11(2)18-12/h3-9H,1-2H3,(H,15,16,17)/b9-8+. The fraction of sp³-hybridized carbons (Fsp3) is 0.143. The fourth-order valence-electron chi connectivity index (χ4n) is 1.48. The van der Waals surface area contributed by atoms with E-state index in [4.69, 9.17) is 4.42 Å². The number of aromatic nitrogens is 1. The molecule has 0 aliphatic heterocycles. The van der Waals surface area contributed by atoms with Crippen LogP contribution in [0.3, 0.4) is 0 Å². The molecule has 0 fully saturated rings. The SMILES string of the molecule is Cc1cccc(NC(=O)/C=C/c2ccc(C)o2)n1. The minimum absolute atomic E-state index is 0.234. The van der Waals surface area contributed by atoms with E-state index in [1.807, 2.05) is 38.1 Å². The summed E-state index contributed by atoms with van der Waals surface area (Å²) in [6.45, 7) is 3.73. The molecule has 0 aliphatic rings. The molecule has 0 bridgehead atoms. The number of amides is 1. The van der Waals surface area contributed by atoms with Gasteiger partial charge in [0.25, 0.3) is 0 Å². The molecule has 2 heterocycles. The van der Waals surface area contributed by atoms with Gasteiger partial charge >= 0.3 is 0 Å². The summed E-state index contributed by atoms with van der Waals surface area (Å²) >= 11 is 0. The van der Waals surface area contributed by atoms with Crippen molar-refractivity contribution in [2.75, 3.05) is 5.32 Å². The largest absolute Gasteiger partial charge is 0.462 e. The van der Waals surface area contributed by atoms with Crippen molar-refractivity contribution >= 4 is 17.8 Å². The molecule has 2 aromatic rings. The van der Waals surface area contributed by atoms with Gasteiger partial charge < -0.3 is 9.73 Å². The van der Waals surface area contributed by atoms with E-state index >= 15 is 0 Å². The Morgan fingerprint density at radius 3 is 2.78 bits per heavy atom. The van der Waals surface area contributed by atoms with Crippen LogP contribution in [0.2, 0.25) is 0 Å². The minimum Gasteiger partial charge on any atom is -0.462 e. The van der Waals surface area contributed by atoms with E-state index < -0.39 is 0 Å². The molecule has 1 amide bonds. The van der Waals surface area contributed by atoms with E-state index in [2.05, 4.69) is 10.3 Å². The van der Waals surface area contributed by atoms with Gasteiger partial charge in [0.2, 0.25) is 5.91 Å². The van der Waals surface area contributed by atoms with Gasteiger partial charge in [-0.05, 0) is 44.2 Å². The van der Waals surface area contributed by atoms with Gasteiger partial charge in [-0.15, -0.1) is 0 Å². The highest BCUT2D eigenvalue weighted by Crippen LogP contribution is 2.08. The number of nitrogens with zero attached hydrogens (tertiary/aromatic N) is 1. The number of rotatable bonds is 3. The summed E-state index contributed by atoms with van der Waals surface area (Å²) in [4.78, 5) is 15.8. The second-order valence-electron chi connectivity index (χ2n) is 3.94. The van der Waals surface area contributed by atoms with Crippen molar-refractivity contribution in [3.05, 3.63) is 53.6 Å². The molecule has 0 saturated heterocycles. The summed E-state index contributed by atoms with van der Waals surface area (Å²) in [5.74, 6) is 1.78. The number of pyridine rings is 1. The zero-order chi connectivity index (χ0) is 13.0. The fourth-order valence-corrected chi connectivity index (χ4v) is 1.48. The van der Waals surface area contributed by atoms with E-state index in [0.29, 0.717) is 11.6 Å². The zero-order valence-electron chi connectivity index (χ0n) is 10.3. The molecule has 0 aromatic carbocycles. The van der Waals surface area contributed by atoms with Crippen LogP contribution in [-0.2, 0) is 4.79 Å². The molecule has 0 atom stereocenters. The van der Waals surface area contributed by atoms with Crippen LogP contribution in [0, 0.1) is 13.8 Å². The summed E-state index contributed by atoms with van der Waals surface area (Å²) in [6, 6.07) is 9.12. The Morgan fingerprint density at radius 2 is 2.11 bits per heavy atom. The molecule has 2 rings (SSSR count). The minimum atomic E-state index is -0.234. The lowest BCUT2D eigenvalue weighted by Crippen LogP contribution is -2.09. The molecule has 92 valence electrons. The van der Waals surface area contributed by atoms with Crippen molar-refractivity contribution in [1.29, 1.82) is 0 Å². The molecule has 18 heavy (non-hydrogen) atoms. The maximum atomic E-state index is 11.6. The van der Waals surface area contributed by atoms with Crippen LogP contribution in [0.4, 0.5) is 5.82 Å². The average Bonchev–Trinajstić information content (AvgIpc) is 2.73. The quantitative estimate of drug-likeness (QED) is 0.842. The highest BCUT2D eigenvalue weighted by atomic mass is 16.3. The zero-order valence-corrected chi connectivity index (χ0v) is 10.3. The van der Waals surface area contributed by atoms with E-state index in [1.54, 1.807) is 12.1 Å². The Bertz CT molecular complexity index is 585. The highest BCUT2D eigenvalue weighted by Gasteiger charge is 2.00. The van der Waals surface area contributed by atoms with Crippen LogP contribution in [0.5, 0.6) is 0 Å². The smallest absolute Gasteiger partial charge is 0.249 e. The molecule has 0 aliphatic carbocycles. The van der Waals surface area contributed by atoms with Gasteiger partial charge in [-0.25, -0.2) is 4.98 Å². The number of aryl methyl sites for hydroxylation is 2. The van der Waals surface area contributed by atoms with Crippen molar-refractivity contribution in [2.45, 2.75) is 13.8 Å². The van der Waals surface area contributed by atoms with Gasteiger partial charge in [-0.2, -0.15) is 0 Å². The maximum Gasteiger partial charge on any atom is 0.249 e. The number of anilines is 1. The third kappa shape index (κ3) is 3.31. The number of furan rings is 1. The molecule has 0 saturated carbocycles. The van der Waals surface area contributed by atoms with Gasteiger partial charge in [-0.1, -0.05) is 6.07 Å². The number of hydrogen-bond acceptors (Lipinski definition) is 3. The van der Waals surface area contributed by atoms with E-state index in [0.717, 1.165) is 11.5 Å². The predicted molar refractivity (Wildman–Crippen MR) is 70.1 cm³/mol. The van der Waals surface area contributed by atoms with Crippen molar-refractivity contribution in [2.24, 2.45) is 0 Å². The molecule has 0 radical (unpaired) electrons. The van der Waals surface area contributed by atoms with Gasteiger partial charge in [0, 0.05) is 11.8 Å². The highest BCUT2D eigenvalue weighted by molar-refractivity contribution is 6.01. The monoisotopic (exact) mass is 242 g/mol. The van der Waals surface area contributed by atoms with Crippen LogP contribution >= 0.6 is 0 Å². The first kappa shape index (κ1) is 12.1. The number of carbonyl (C=O) groups is 1. The first-order chi connectivity index (χ1) is 8.63. The van der Waals surface area contributed by atoms with Crippen molar-refractivity contribution < 1.29 is 9.21 Å². The van der Waals surface area contributed by atoms with Gasteiger partial charge in [0.1, 0.15) is 17.3 Å². The second-order valence-corrected chi connectivity index (χ2v) is 3.94. The summed E-state index contributed by atoms with van der Waals surface area (Å²) < 4.78 is 5.32. The van der Waals surface area contributed by atoms with E-state index in [-0.39, 0.29) is 5.91 Å². The Morgan fingerprint density at radius 1 is 1.28 bits per heavy atom. The molecular weight excluding hydrogens is 228 g/mol. The van der Waals surface area contributed by atoms with Crippen molar-refractivity contribution in [3.63, 3.8) is 0 Å². The van der Waals surface area contributed by atoms with Crippen molar-refractivity contribution in [3.8, 4) is 0 Å². The van der Waals surface area contributed by atoms with Crippen LogP contribution in [0.1, 0.15) is 17.2 Å². The topological polar surface area (TPSA) is 55.1 Å². The van der Waals surface area contributed by atoms with Gasteiger partial charge in [-0.3, -0.25) is 4.79 Å². The summed E-state index contributed by atoms with van der Waals surface area (Å²) in [7, 11) is 0. The Balaban J connectivity index is 1.98. The molecule has 2 aromatic heterocycles. The molecule has 4 heteroatoms. The average molecular weight is 242 g/mol. The predicted octanol–water partition coefficient (Wildman–Crippen LogP) is 2.94. The van der Waals surface area contributed by atoms with E-state index in [1.165, 1.54) is 6.08 Å². The van der Waals surface area contributed by atoms with Crippen molar-refractivity contribution in [1.82, 2.24) is 4.98 Å². The summed E-state index contributed by atoms with van der Waals surface area (Å²) in [5, 5.41) is 2.68. The first-order valence-electron chi connectivity index (χ1n) is 5.62. The molecule has 0 unspecified atom stereocenters. The van der Waals surface area contributed by atoms with Gasteiger partial charge in [0.05, 0.1) is 0 Å². The Hall–Kier alpha value is -2.36.